The van der Waals surface area contributed by atoms with Gasteiger partial charge in [-0.3, -0.25) is 4.99 Å². The van der Waals surface area contributed by atoms with Gasteiger partial charge >= 0.3 is 0 Å². The smallest absolute Gasteiger partial charge is 0.213 e. The van der Waals surface area contributed by atoms with Crippen molar-refractivity contribution in [3.63, 3.8) is 0 Å². The van der Waals surface area contributed by atoms with Crippen molar-refractivity contribution < 1.29 is 13.2 Å². The minimum Gasteiger partial charge on any atom is -0.385 e. The van der Waals surface area contributed by atoms with E-state index in [-0.39, 0.29) is 29.7 Å². The second kappa shape index (κ2) is 17.0. The summed E-state index contributed by atoms with van der Waals surface area (Å²) in [5, 5.41) is 6.51. The van der Waals surface area contributed by atoms with Gasteiger partial charge in [-0.15, -0.1) is 24.0 Å². The van der Waals surface area contributed by atoms with Gasteiger partial charge in [0.05, 0.1) is 5.75 Å². The van der Waals surface area contributed by atoms with E-state index in [9.17, 15) is 8.42 Å². The number of guanidine groups is 1. The van der Waals surface area contributed by atoms with E-state index in [1.165, 1.54) is 4.31 Å². The number of nitrogens with one attached hydrogen (secondary N) is 2. The summed E-state index contributed by atoms with van der Waals surface area (Å²) < 4.78 is 29.8. The summed E-state index contributed by atoms with van der Waals surface area (Å²) in [5.74, 6) is 0.906. The van der Waals surface area contributed by atoms with Crippen LogP contribution in [0.1, 0.15) is 26.7 Å². The van der Waals surface area contributed by atoms with Crippen LogP contribution in [0.15, 0.2) is 4.99 Å². The third-order valence-electron chi connectivity index (χ3n) is 3.76. The number of rotatable bonds is 14. The SMILES string of the molecule is CCNC(=NCCCN(C)S(=O)(=O)CC)NCCN(C)CCCOC.I. The maximum Gasteiger partial charge on any atom is 0.213 e. The van der Waals surface area contributed by atoms with E-state index >= 15 is 0 Å². The Balaban J connectivity index is 0. The molecule has 0 aromatic heterocycles. The molecule has 0 rings (SSSR count). The summed E-state index contributed by atoms with van der Waals surface area (Å²) in [7, 11) is 2.32. The Labute approximate surface area is 177 Å². The third kappa shape index (κ3) is 14.0. The van der Waals surface area contributed by atoms with Crippen molar-refractivity contribution in [1.82, 2.24) is 19.8 Å². The van der Waals surface area contributed by atoms with Crippen LogP contribution in [-0.4, -0.2) is 96.4 Å². The van der Waals surface area contributed by atoms with Gasteiger partial charge in [0.15, 0.2) is 5.96 Å². The second-order valence-electron chi connectivity index (χ2n) is 5.91. The molecule has 0 aromatic rings. The van der Waals surface area contributed by atoms with E-state index < -0.39 is 10.0 Å². The summed E-state index contributed by atoms with van der Waals surface area (Å²) in [5.41, 5.74) is 0. The Morgan fingerprint density at radius 2 is 1.77 bits per heavy atom. The lowest BCUT2D eigenvalue weighted by Gasteiger charge is -2.18. The van der Waals surface area contributed by atoms with Crippen molar-refractivity contribution in [2.75, 3.05) is 72.8 Å². The van der Waals surface area contributed by atoms with E-state index in [1.807, 2.05) is 6.92 Å². The molecule has 0 bridgehead atoms. The molecule has 0 amide bonds. The molecule has 0 aliphatic rings. The first-order valence-corrected chi connectivity index (χ1v) is 10.6. The Hall–Kier alpha value is -0.170. The number of halogens is 1. The highest BCUT2D eigenvalue weighted by Gasteiger charge is 2.13. The highest BCUT2D eigenvalue weighted by molar-refractivity contribution is 14.0. The van der Waals surface area contributed by atoms with E-state index in [0.717, 1.165) is 45.2 Å². The zero-order valence-electron chi connectivity index (χ0n) is 17.0. The van der Waals surface area contributed by atoms with Crippen LogP contribution in [0, 0.1) is 0 Å². The molecule has 0 atom stereocenters. The number of ether oxygens (including phenoxy) is 1. The summed E-state index contributed by atoms with van der Waals surface area (Å²) in [6, 6.07) is 0. The van der Waals surface area contributed by atoms with Gasteiger partial charge in [0, 0.05) is 60.0 Å². The van der Waals surface area contributed by atoms with E-state index in [4.69, 9.17) is 4.74 Å². The van der Waals surface area contributed by atoms with Crippen LogP contribution in [0.5, 0.6) is 0 Å². The van der Waals surface area contributed by atoms with Crippen LogP contribution >= 0.6 is 24.0 Å². The minimum absolute atomic E-state index is 0. The van der Waals surface area contributed by atoms with Crippen LogP contribution in [0.2, 0.25) is 0 Å². The average Bonchev–Trinajstić information content (AvgIpc) is 2.58. The second-order valence-corrected chi connectivity index (χ2v) is 8.28. The van der Waals surface area contributed by atoms with Crippen LogP contribution < -0.4 is 10.6 Å². The first-order valence-electron chi connectivity index (χ1n) is 9.01. The number of sulfonamides is 1. The van der Waals surface area contributed by atoms with Crippen LogP contribution in [-0.2, 0) is 14.8 Å². The van der Waals surface area contributed by atoms with Crippen LogP contribution in [0.3, 0.4) is 0 Å². The monoisotopic (exact) mass is 507 g/mol. The summed E-state index contributed by atoms with van der Waals surface area (Å²) in [4.78, 5) is 6.75. The van der Waals surface area contributed by atoms with E-state index in [0.29, 0.717) is 19.5 Å². The number of methoxy groups -OCH3 is 1. The van der Waals surface area contributed by atoms with E-state index in [2.05, 4.69) is 27.6 Å². The van der Waals surface area contributed by atoms with Gasteiger partial charge in [0.1, 0.15) is 0 Å². The molecular weight excluding hydrogens is 469 g/mol. The molecule has 0 fully saturated rings. The predicted octanol–water partition coefficient (Wildman–Crippen LogP) is 0.799. The molecule has 0 aliphatic heterocycles. The predicted molar refractivity (Wildman–Crippen MR) is 120 cm³/mol. The summed E-state index contributed by atoms with van der Waals surface area (Å²) >= 11 is 0. The zero-order valence-corrected chi connectivity index (χ0v) is 20.1. The molecule has 0 radical (unpaired) electrons. The van der Waals surface area contributed by atoms with Gasteiger partial charge in [-0.25, -0.2) is 12.7 Å². The minimum atomic E-state index is -3.10. The molecular formula is C16H38IN5O3S. The average molecular weight is 507 g/mol. The normalized spacial score (nSPS) is 12.3. The molecule has 0 aliphatic carbocycles. The maximum absolute atomic E-state index is 11.7. The maximum atomic E-state index is 11.7. The molecule has 26 heavy (non-hydrogen) atoms. The van der Waals surface area contributed by atoms with Crippen molar-refractivity contribution in [1.29, 1.82) is 0 Å². The molecule has 0 spiro atoms. The van der Waals surface area contributed by atoms with Gasteiger partial charge in [0.25, 0.3) is 0 Å². The van der Waals surface area contributed by atoms with Crippen molar-refractivity contribution in [2.45, 2.75) is 26.7 Å². The lowest BCUT2D eigenvalue weighted by atomic mass is 10.4. The topological polar surface area (TPSA) is 86.3 Å². The fraction of sp³-hybridized carbons (Fsp3) is 0.938. The Bertz CT molecular complexity index is 463. The number of hydrogen-bond donors (Lipinski definition) is 2. The first-order chi connectivity index (χ1) is 11.9. The molecule has 0 saturated carbocycles. The van der Waals surface area contributed by atoms with Crippen LogP contribution in [0.4, 0.5) is 0 Å². The fourth-order valence-electron chi connectivity index (χ4n) is 2.14. The van der Waals surface area contributed by atoms with Gasteiger partial charge < -0.3 is 20.3 Å². The highest BCUT2D eigenvalue weighted by Crippen LogP contribution is 1.98. The van der Waals surface area contributed by atoms with Crippen molar-refractivity contribution in [2.24, 2.45) is 4.99 Å². The van der Waals surface area contributed by atoms with Crippen molar-refractivity contribution in [3.05, 3.63) is 0 Å². The number of nitrogens with zero attached hydrogens (tertiary/aromatic N) is 3. The molecule has 0 saturated heterocycles. The fourth-order valence-corrected chi connectivity index (χ4v) is 2.99. The third-order valence-corrected chi connectivity index (χ3v) is 5.62. The molecule has 0 unspecified atom stereocenters. The van der Waals surface area contributed by atoms with Gasteiger partial charge in [-0.05, 0) is 33.7 Å². The van der Waals surface area contributed by atoms with Gasteiger partial charge in [-0.2, -0.15) is 0 Å². The molecule has 8 nitrogen and oxygen atoms in total. The largest absolute Gasteiger partial charge is 0.385 e. The first kappa shape index (κ1) is 28.0. The van der Waals surface area contributed by atoms with E-state index in [1.54, 1.807) is 21.1 Å². The van der Waals surface area contributed by atoms with Crippen LogP contribution in [0.25, 0.3) is 0 Å². The lowest BCUT2D eigenvalue weighted by Crippen LogP contribution is -2.41. The van der Waals surface area contributed by atoms with Crippen molar-refractivity contribution in [3.8, 4) is 0 Å². The molecule has 0 aromatic carbocycles. The Morgan fingerprint density at radius 1 is 1.08 bits per heavy atom. The number of hydrogen-bond acceptors (Lipinski definition) is 5. The molecule has 2 N–H and O–H groups in total. The zero-order chi connectivity index (χ0) is 19.1. The summed E-state index contributed by atoms with van der Waals surface area (Å²) in [6.07, 6.45) is 1.72. The van der Waals surface area contributed by atoms with Gasteiger partial charge in [-0.1, -0.05) is 0 Å². The van der Waals surface area contributed by atoms with Crippen molar-refractivity contribution >= 4 is 40.0 Å². The lowest BCUT2D eigenvalue weighted by molar-refractivity contribution is 0.180. The quantitative estimate of drug-likeness (QED) is 0.157. The number of aliphatic imine (C=N–C) groups is 1. The molecule has 158 valence electrons. The standard InChI is InChI=1S/C16H37N5O3S.HI/c1-6-17-16(19-11-14-20(3)12-9-15-24-5)18-10-8-13-21(4)25(22,23)7-2;/h6-15H2,1-5H3,(H2,17,18,19);1H. The molecule has 10 heteroatoms. The molecule has 0 heterocycles. The Morgan fingerprint density at radius 3 is 2.35 bits per heavy atom. The summed E-state index contributed by atoms with van der Waals surface area (Å²) in [6.45, 7) is 9.05. The number of likely N-dealkylation sites (N-methyl/N-ethyl adjacent to an activating group) is 1. The Kier molecular flexibility index (Phi) is 18.3. The van der Waals surface area contributed by atoms with Gasteiger partial charge in [0.2, 0.25) is 10.0 Å². The highest BCUT2D eigenvalue weighted by atomic mass is 127.